The van der Waals surface area contributed by atoms with E-state index in [0.717, 1.165) is 5.56 Å². The third-order valence-corrected chi connectivity index (χ3v) is 2.56. The summed E-state index contributed by atoms with van der Waals surface area (Å²) >= 11 is 0. The Kier molecular flexibility index (Phi) is 3.69. The minimum absolute atomic E-state index is 0.196. The van der Waals surface area contributed by atoms with Crippen LogP contribution >= 0.6 is 0 Å². The number of aliphatic hydroxyl groups excluding tert-OH is 1. The van der Waals surface area contributed by atoms with Gasteiger partial charge in [0.15, 0.2) is 5.82 Å². The van der Waals surface area contributed by atoms with E-state index in [2.05, 4.69) is 10.1 Å². The molecular weight excluding hydrogens is 237 g/mol. The number of rotatable bonds is 4. The van der Waals surface area contributed by atoms with Crippen LogP contribution in [0.2, 0.25) is 0 Å². The van der Waals surface area contributed by atoms with Crippen LogP contribution < -0.4 is 5.73 Å². The first-order valence-electron chi connectivity index (χ1n) is 5.57. The minimum Gasteiger partial charge on any atom is -0.391 e. The monoisotopic (exact) mass is 251 g/mol. The van der Waals surface area contributed by atoms with Crippen LogP contribution in [-0.2, 0) is 6.42 Å². The smallest absolute Gasteiger partial charge is 0.246 e. The van der Waals surface area contributed by atoms with Gasteiger partial charge in [0.2, 0.25) is 5.89 Å². The van der Waals surface area contributed by atoms with E-state index in [9.17, 15) is 9.50 Å². The summed E-state index contributed by atoms with van der Waals surface area (Å²) in [4.78, 5) is 4.09. The van der Waals surface area contributed by atoms with Crippen molar-refractivity contribution in [1.29, 1.82) is 0 Å². The van der Waals surface area contributed by atoms with Crippen LogP contribution in [0, 0.1) is 5.82 Å². The lowest BCUT2D eigenvalue weighted by Crippen LogP contribution is -2.23. The van der Waals surface area contributed by atoms with Gasteiger partial charge in [-0.05, 0) is 24.6 Å². The quantitative estimate of drug-likeness (QED) is 0.852. The molecule has 0 fully saturated rings. The Morgan fingerprint density at radius 2 is 2.06 bits per heavy atom. The van der Waals surface area contributed by atoms with Gasteiger partial charge in [-0.1, -0.05) is 17.3 Å². The van der Waals surface area contributed by atoms with Gasteiger partial charge in [-0.3, -0.25) is 0 Å². The zero-order valence-corrected chi connectivity index (χ0v) is 9.88. The molecule has 0 aliphatic carbocycles. The summed E-state index contributed by atoms with van der Waals surface area (Å²) in [5.41, 5.74) is 6.54. The van der Waals surface area contributed by atoms with Crippen molar-refractivity contribution in [2.24, 2.45) is 5.73 Å². The molecule has 1 aromatic carbocycles. The summed E-state index contributed by atoms with van der Waals surface area (Å²) in [6, 6.07) is 5.36. The van der Waals surface area contributed by atoms with Gasteiger partial charge in [-0.15, -0.1) is 0 Å². The zero-order chi connectivity index (χ0) is 13.1. The number of halogens is 1. The second kappa shape index (κ2) is 5.24. The Morgan fingerprint density at radius 1 is 1.39 bits per heavy atom. The molecule has 5 nitrogen and oxygen atoms in total. The van der Waals surface area contributed by atoms with Crippen molar-refractivity contribution in [3.05, 3.63) is 47.4 Å². The van der Waals surface area contributed by atoms with Crippen molar-refractivity contribution in [3.8, 4) is 0 Å². The second-order valence-corrected chi connectivity index (χ2v) is 4.12. The number of nitrogens with zero attached hydrogens (tertiary/aromatic N) is 2. The lowest BCUT2D eigenvalue weighted by molar-refractivity contribution is 0.146. The maximum atomic E-state index is 12.7. The maximum absolute atomic E-state index is 12.7. The van der Waals surface area contributed by atoms with Crippen molar-refractivity contribution in [1.82, 2.24) is 10.1 Å². The Balaban J connectivity index is 2.09. The molecule has 96 valence electrons. The number of aliphatic hydroxyl groups is 1. The van der Waals surface area contributed by atoms with Crippen molar-refractivity contribution < 1.29 is 14.0 Å². The van der Waals surface area contributed by atoms with Crippen molar-refractivity contribution in [2.45, 2.75) is 25.5 Å². The molecule has 2 rings (SSSR count). The van der Waals surface area contributed by atoms with E-state index < -0.39 is 12.1 Å². The van der Waals surface area contributed by atoms with E-state index in [0.29, 0.717) is 12.2 Å². The van der Waals surface area contributed by atoms with Gasteiger partial charge in [0, 0.05) is 6.42 Å². The molecule has 0 aliphatic heterocycles. The Hall–Kier alpha value is -1.79. The van der Waals surface area contributed by atoms with Gasteiger partial charge in [0.1, 0.15) is 11.9 Å². The molecule has 2 aromatic rings. The fourth-order valence-electron chi connectivity index (χ4n) is 1.47. The molecule has 0 radical (unpaired) electrons. The predicted molar refractivity (Wildman–Crippen MR) is 62.1 cm³/mol. The number of benzene rings is 1. The highest BCUT2D eigenvalue weighted by Crippen LogP contribution is 2.13. The Bertz CT molecular complexity index is 510. The average Bonchev–Trinajstić information content (AvgIpc) is 2.79. The molecule has 0 aliphatic rings. The maximum Gasteiger partial charge on any atom is 0.246 e. The van der Waals surface area contributed by atoms with E-state index in [1.54, 1.807) is 19.1 Å². The highest BCUT2D eigenvalue weighted by atomic mass is 19.1. The zero-order valence-electron chi connectivity index (χ0n) is 9.88. The van der Waals surface area contributed by atoms with Gasteiger partial charge in [0.25, 0.3) is 0 Å². The number of hydrogen-bond acceptors (Lipinski definition) is 5. The first kappa shape index (κ1) is 12.7. The van der Waals surface area contributed by atoms with Gasteiger partial charge < -0.3 is 15.4 Å². The van der Waals surface area contributed by atoms with Crippen LogP contribution in [0.25, 0.3) is 0 Å². The largest absolute Gasteiger partial charge is 0.391 e. The van der Waals surface area contributed by atoms with Crippen LogP contribution in [-0.4, -0.2) is 21.4 Å². The third kappa shape index (κ3) is 2.91. The third-order valence-electron chi connectivity index (χ3n) is 2.56. The molecular formula is C12H14FN3O2. The molecule has 0 bridgehead atoms. The molecule has 3 N–H and O–H groups in total. The van der Waals surface area contributed by atoms with E-state index in [-0.39, 0.29) is 11.7 Å². The van der Waals surface area contributed by atoms with Gasteiger partial charge >= 0.3 is 0 Å². The first-order chi connectivity index (χ1) is 8.56. The van der Waals surface area contributed by atoms with Crippen molar-refractivity contribution >= 4 is 0 Å². The standard InChI is InChI=1S/C12H14FN3O2/c1-7(17)11(14)12-15-10(16-18-12)6-8-2-4-9(13)5-3-8/h2-5,7,11,17H,6,14H2,1H3/t7-,11+/m1/s1. The van der Waals surface area contributed by atoms with E-state index >= 15 is 0 Å². The molecule has 0 spiro atoms. The minimum atomic E-state index is -0.760. The summed E-state index contributed by atoms with van der Waals surface area (Å²) < 4.78 is 17.7. The summed E-state index contributed by atoms with van der Waals surface area (Å²) in [6.45, 7) is 1.55. The SMILES string of the molecule is C[C@@H](O)[C@H](N)c1nc(Cc2ccc(F)cc2)no1. The van der Waals surface area contributed by atoms with Crippen LogP contribution in [0.15, 0.2) is 28.8 Å². The molecule has 18 heavy (non-hydrogen) atoms. The van der Waals surface area contributed by atoms with Gasteiger partial charge in [0.05, 0.1) is 6.10 Å². The predicted octanol–water partition coefficient (Wildman–Crippen LogP) is 1.18. The summed E-state index contributed by atoms with van der Waals surface area (Å²) in [6.07, 6.45) is -0.333. The molecule has 0 unspecified atom stereocenters. The van der Waals surface area contributed by atoms with Crippen LogP contribution in [0.5, 0.6) is 0 Å². The van der Waals surface area contributed by atoms with E-state index in [1.165, 1.54) is 12.1 Å². The van der Waals surface area contributed by atoms with Crippen LogP contribution in [0.4, 0.5) is 4.39 Å². The van der Waals surface area contributed by atoms with Crippen molar-refractivity contribution in [3.63, 3.8) is 0 Å². The lowest BCUT2D eigenvalue weighted by Gasteiger charge is -2.08. The lowest BCUT2D eigenvalue weighted by atomic mass is 10.1. The summed E-state index contributed by atoms with van der Waals surface area (Å²) in [5.74, 6) is 0.360. The fraction of sp³-hybridized carbons (Fsp3) is 0.333. The van der Waals surface area contributed by atoms with Gasteiger partial charge in [-0.25, -0.2) is 4.39 Å². The molecule has 0 saturated heterocycles. The van der Waals surface area contributed by atoms with Gasteiger partial charge in [-0.2, -0.15) is 4.98 Å². The number of hydrogen-bond donors (Lipinski definition) is 2. The van der Waals surface area contributed by atoms with E-state index in [1.807, 2.05) is 0 Å². The number of nitrogens with two attached hydrogens (primary N) is 1. The normalized spacial score (nSPS) is 14.4. The van der Waals surface area contributed by atoms with Crippen LogP contribution in [0.1, 0.15) is 30.2 Å². The highest BCUT2D eigenvalue weighted by Gasteiger charge is 2.19. The van der Waals surface area contributed by atoms with Crippen LogP contribution in [0.3, 0.4) is 0 Å². The Labute approximate surface area is 103 Å². The van der Waals surface area contributed by atoms with E-state index in [4.69, 9.17) is 10.3 Å². The molecule has 6 heteroatoms. The molecule has 1 aromatic heterocycles. The molecule has 0 saturated carbocycles. The Morgan fingerprint density at radius 3 is 2.67 bits per heavy atom. The summed E-state index contributed by atoms with van der Waals surface area (Å²) in [5, 5.41) is 13.1. The second-order valence-electron chi connectivity index (χ2n) is 4.12. The average molecular weight is 251 g/mol. The molecule has 0 amide bonds. The molecule has 1 heterocycles. The highest BCUT2D eigenvalue weighted by molar-refractivity contribution is 5.19. The molecule has 2 atom stereocenters. The first-order valence-corrected chi connectivity index (χ1v) is 5.57. The summed E-state index contributed by atoms with van der Waals surface area (Å²) in [7, 11) is 0. The topological polar surface area (TPSA) is 85.2 Å². The fourth-order valence-corrected chi connectivity index (χ4v) is 1.47. The van der Waals surface area contributed by atoms with Crippen molar-refractivity contribution in [2.75, 3.05) is 0 Å². The number of aromatic nitrogens is 2.